The Morgan fingerprint density at radius 3 is 2.25 bits per heavy atom. The minimum atomic E-state index is -4.06. The molecule has 1 aromatic heterocycles. The molecule has 2 aromatic carbocycles. The van der Waals surface area contributed by atoms with E-state index < -0.39 is 21.1 Å². The Balaban J connectivity index is 1.95. The van der Waals surface area contributed by atoms with Gasteiger partial charge in [0.2, 0.25) is 15.3 Å². The van der Waals surface area contributed by atoms with Crippen molar-refractivity contribution in [3.05, 3.63) is 63.7 Å². The van der Waals surface area contributed by atoms with E-state index in [2.05, 4.69) is 0 Å². The first kappa shape index (κ1) is 22.5. The van der Waals surface area contributed by atoms with Crippen LogP contribution in [0.25, 0.3) is 10.9 Å². The molecule has 0 saturated carbocycles. The predicted molar refractivity (Wildman–Crippen MR) is 126 cm³/mol. The van der Waals surface area contributed by atoms with Gasteiger partial charge in [0.05, 0.1) is 21.5 Å². The SMILES string of the molecule is CCCn1cc(S(=O)(=O)c2cc(C)cc(C)c2)c(=O)c2cc(F)c(N3CCCCC3)cc21. The Hall–Kier alpha value is -2.67. The molecule has 0 bridgehead atoms. The molecule has 1 fully saturated rings. The fourth-order valence-corrected chi connectivity index (χ4v) is 6.14. The maximum atomic E-state index is 15.1. The molecule has 32 heavy (non-hydrogen) atoms. The van der Waals surface area contributed by atoms with Crippen LogP contribution in [0.4, 0.5) is 10.1 Å². The lowest BCUT2D eigenvalue weighted by atomic mass is 10.1. The average Bonchev–Trinajstić information content (AvgIpc) is 2.75. The zero-order valence-electron chi connectivity index (χ0n) is 18.8. The van der Waals surface area contributed by atoms with Crippen molar-refractivity contribution in [2.24, 2.45) is 0 Å². The van der Waals surface area contributed by atoms with E-state index >= 15 is 4.39 Å². The van der Waals surface area contributed by atoms with E-state index in [0.29, 0.717) is 17.7 Å². The molecular formula is C25H29FN2O3S. The van der Waals surface area contributed by atoms with Gasteiger partial charge in [-0.25, -0.2) is 12.8 Å². The van der Waals surface area contributed by atoms with E-state index in [0.717, 1.165) is 49.9 Å². The van der Waals surface area contributed by atoms with Gasteiger partial charge in [0.1, 0.15) is 10.7 Å². The lowest BCUT2D eigenvalue weighted by Crippen LogP contribution is -2.30. The largest absolute Gasteiger partial charge is 0.369 e. The summed E-state index contributed by atoms with van der Waals surface area (Å²) in [5.74, 6) is -0.486. The molecule has 0 unspecified atom stereocenters. The fraction of sp³-hybridized carbons (Fsp3) is 0.400. The summed E-state index contributed by atoms with van der Waals surface area (Å²) in [6.45, 7) is 7.70. The molecule has 5 nitrogen and oxygen atoms in total. The lowest BCUT2D eigenvalue weighted by Gasteiger charge is -2.29. The highest BCUT2D eigenvalue weighted by Crippen LogP contribution is 2.29. The highest BCUT2D eigenvalue weighted by Gasteiger charge is 2.26. The smallest absolute Gasteiger partial charge is 0.211 e. The molecule has 2 heterocycles. The van der Waals surface area contributed by atoms with E-state index in [1.165, 1.54) is 12.3 Å². The Kier molecular flexibility index (Phi) is 6.12. The van der Waals surface area contributed by atoms with E-state index in [9.17, 15) is 13.2 Å². The van der Waals surface area contributed by atoms with Crippen LogP contribution >= 0.6 is 0 Å². The second kappa shape index (κ2) is 8.70. The van der Waals surface area contributed by atoms with Crippen LogP contribution in [0.5, 0.6) is 0 Å². The number of hydrogen-bond donors (Lipinski definition) is 0. The van der Waals surface area contributed by atoms with E-state index in [1.807, 2.05) is 31.7 Å². The normalized spacial score (nSPS) is 14.8. The summed E-state index contributed by atoms with van der Waals surface area (Å²) in [6.07, 6.45) is 5.32. The maximum Gasteiger partial charge on any atom is 0.211 e. The first-order chi connectivity index (χ1) is 15.2. The zero-order valence-corrected chi connectivity index (χ0v) is 19.6. The first-order valence-corrected chi connectivity index (χ1v) is 12.7. The zero-order chi connectivity index (χ0) is 23.0. The van der Waals surface area contributed by atoms with Crippen LogP contribution in [0, 0.1) is 19.7 Å². The van der Waals surface area contributed by atoms with Crippen molar-refractivity contribution in [3.63, 3.8) is 0 Å². The van der Waals surface area contributed by atoms with Gasteiger partial charge in [0.25, 0.3) is 0 Å². The number of nitrogens with zero attached hydrogens (tertiary/aromatic N) is 2. The molecule has 0 radical (unpaired) electrons. The Morgan fingerprint density at radius 1 is 0.969 bits per heavy atom. The number of halogens is 1. The minimum Gasteiger partial charge on any atom is -0.369 e. The van der Waals surface area contributed by atoms with Crippen LogP contribution in [0.1, 0.15) is 43.7 Å². The summed E-state index contributed by atoms with van der Waals surface area (Å²) in [5.41, 5.74) is 1.99. The second-order valence-corrected chi connectivity index (χ2v) is 10.6. The van der Waals surface area contributed by atoms with Gasteiger partial charge in [-0.3, -0.25) is 4.79 Å². The number of aryl methyl sites for hydroxylation is 3. The molecule has 3 aromatic rings. The van der Waals surface area contributed by atoms with Crippen molar-refractivity contribution in [2.75, 3.05) is 18.0 Å². The molecule has 1 aliphatic heterocycles. The molecular weight excluding hydrogens is 427 g/mol. The number of benzene rings is 2. The monoisotopic (exact) mass is 456 g/mol. The summed E-state index contributed by atoms with van der Waals surface area (Å²) in [6, 6.07) is 7.94. The van der Waals surface area contributed by atoms with Crippen molar-refractivity contribution < 1.29 is 12.8 Å². The van der Waals surface area contributed by atoms with Crippen LogP contribution in [-0.4, -0.2) is 26.1 Å². The van der Waals surface area contributed by atoms with Crippen LogP contribution in [0.2, 0.25) is 0 Å². The van der Waals surface area contributed by atoms with Gasteiger partial charge in [0.15, 0.2) is 0 Å². The third-order valence-electron chi connectivity index (χ3n) is 6.07. The number of hydrogen-bond acceptors (Lipinski definition) is 4. The number of aromatic nitrogens is 1. The van der Waals surface area contributed by atoms with Crippen molar-refractivity contribution in [1.29, 1.82) is 0 Å². The number of pyridine rings is 1. The summed E-state index contributed by atoms with van der Waals surface area (Å²) in [5, 5.41) is 0.0992. The quantitative estimate of drug-likeness (QED) is 0.543. The highest BCUT2D eigenvalue weighted by molar-refractivity contribution is 7.91. The van der Waals surface area contributed by atoms with Crippen molar-refractivity contribution in [1.82, 2.24) is 4.57 Å². The number of sulfone groups is 1. The lowest BCUT2D eigenvalue weighted by molar-refractivity contribution is 0.557. The summed E-state index contributed by atoms with van der Waals surface area (Å²) >= 11 is 0. The van der Waals surface area contributed by atoms with Crippen LogP contribution < -0.4 is 10.3 Å². The van der Waals surface area contributed by atoms with Gasteiger partial charge in [-0.05, 0) is 74.9 Å². The third-order valence-corrected chi connectivity index (χ3v) is 7.80. The number of piperidine rings is 1. The summed E-state index contributed by atoms with van der Waals surface area (Å²) < 4.78 is 43.8. The molecule has 0 N–H and O–H groups in total. The van der Waals surface area contributed by atoms with E-state index in [4.69, 9.17) is 0 Å². The molecule has 1 saturated heterocycles. The molecule has 0 atom stereocenters. The standard InChI is InChI=1S/C25H29FN2O3S/c1-4-8-28-16-24(32(30,31)19-12-17(2)11-18(3)13-19)25(29)20-14-21(26)23(15-22(20)28)27-9-6-5-7-10-27/h11-16H,4-10H2,1-3H3. The van der Waals surface area contributed by atoms with Gasteiger partial charge < -0.3 is 9.47 Å². The Bertz CT molecular complexity index is 1320. The summed E-state index contributed by atoms with van der Waals surface area (Å²) in [7, 11) is -4.06. The molecule has 4 rings (SSSR count). The van der Waals surface area contributed by atoms with Crippen molar-refractivity contribution in [3.8, 4) is 0 Å². The topological polar surface area (TPSA) is 59.4 Å². The average molecular weight is 457 g/mol. The van der Waals surface area contributed by atoms with Gasteiger partial charge in [-0.2, -0.15) is 0 Å². The van der Waals surface area contributed by atoms with Gasteiger partial charge in [-0.15, -0.1) is 0 Å². The first-order valence-electron chi connectivity index (χ1n) is 11.2. The number of fused-ring (bicyclic) bond motifs is 1. The maximum absolute atomic E-state index is 15.1. The third kappa shape index (κ3) is 4.06. The van der Waals surface area contributed by atoms with E-state index in [-0.39, 0.29) is 15.2 Å². The molecule has 0 aliphatic carbocycles. The Morgan fingerprint density at radius 2 is 1.62 bits per heavy atom. The highest BCUT2D eigenvalue weighted by atomic mass is 32.2. The molecule has 170 valence electrons. The van der Waals surface area contributed by atoms with Crippen LogP contribution in [0.3, 0.4) is 0 Å². The molecule has 0 amide bonds. The molecule has 7 heteroatoms. The predicted octanol–water partition coefficient (Wildman–Crippen LogP) is 4.99. The van der Waals surface area contributed by atoms with Crippen molar-refractivity contribution in [2.45, 2.75) is 62.8 Å². The molecule has 0 spiro atoms. The van der Waals surface area contributed by atoms with Gasteiger partial charge in [0, 0.05) is 25.8 Å². The van der Waals surface area contributed by atoms with Crippen LogP contribution in [-0.2, 0) is 16.4 Å². The molecule has 1 aliphatic rings. The second-order valence-electron chi connectivity index (χ2n) is 8.71. The van der Waals surface area contributed by atoms with Gasteiger partial charge >= 0.3 is 0 Å². The minimum absolute atomic E-state index is 0.0832. The Labute approximate surface area is 188 Å². The number of rotatable bonds is 5. The van der Waals surface area contributed by atoms with Crippen molar-refractivity contribution >= 4 is 26.4 Å². The van der Waals surface area contributed by atoms with Gasteiger partial charge in [-0.1, -0.05) is 13.0 Å². The summed E-state index contributed by atoms with van der Waals surface area (Å²) in [4.78, 5) is 15.1. The van der Waals surface area contributed by atoms with E-state index in [1.54, 1.807) is 22.8 Å². The van der Waals surface area contributed by atoms with Crippen LogP contribution in [0.15, 0.2) is 51.1 Å². The fourth-order valence-electron chi connectivity index (χ4n) is 4.58. The number of anilines is 1.